The van der Waals surface area contributed by atoms with E-state index in [1.165, 1.54) is 17.3 Å². The number of nitrogens with two attached hydrogens (primary N) is 1. The van der Waals surface area contributed by atoms with Gasteiger partial charge in [0.05, 0.1) is 5.69 Å². The molecule has 0 aliphatic rings. The van der Waals surface area contributed by atoms with Crippen LogP contribution in [0.2, 0.25) is 0 Å². The summed E-state index contributed by atoms with van der Waals surface area (Å²) in [4.78, 5) is 0. The number of halogens is 1. The van der Waals surface area contributed by atoms with Crippen molar-refractivity contribution in [3.63, 3.8) is 0 Å². The lowest BCUT2D eigenvalue weighted by Gasteiger charge is -2.15. The van der Waals surface area contributed by atoms with Gasteiger partial charge in [-0.2, -0.15) is 5.10 Å². The Morgan fingerprint density at radius 1 is 1.30 bits per heavy atom. The maximum Gasteiger partial charge on any atom is 0.123 e. The molecule has 2 aromatic rings. The summed E-state index contributed by atoms with van der Waals surface area (Å²) in [5.74, 6) is -0.227. The third-order valence-corrected chi connectivity index (χ3v) is 4.00. The van der Waals surface area contributed by atoms with Crippen LogP contribution in [0.4, 0.5) is 4.39 Å². The molecule has 2 N–H and O–H groups in total. The molecule has 1 aromatic carbocycles. The summed E-state index contributed by atoms with van der Waals surface area (Å²) in [6.07, 6.45) is 1.65. The number of benzene rings is 1. The zero-order valence-electron chi connectivity index (χ0n) is 12.6. The van der Waals surface area contributed by atoms with Crippen LogP contribution in [0, 0.1) is 26.6 Å². The smallest absolute Gasteiger partial charge is 0.123 e. The molecule has 0 amide bonds. The van der Waals surface area contributed by atoms with E-state index >= 15 is 0 Å². The van der Waals surface area contributed by atoms with E-state index in [4.69, 9.17) is 5.73 Å². The molecule has 20 heavy (non-hydrogen) atoms. The highest BCUT2D eigenvalue weighted by Gasteiger charge is 2.14. The number of aromatic nitrogens is 2. The van der Waals surface area contributed by atoms with Crippen LogP contribution in [0.3, 0.4) is 0 Å². The zero-order valence-corrected chi connectivity index (χ0v) is 12.6. The molecule has 0 saturated carbocycles. The molecule has 1 atom stereocenters. The third-order valence-electron chi connectivity index (χ3n) is 4.00. The lowest BCUT2D eigenvalue weighted by molar-refractivity contribution is 0.606. The molecule has 4 heteroatoms. The van der Waals surface area contributed by atoms with Crippen LogP contribution in [0.5, 0.6) is 0 Å². The van der Waals surface area contributed by atoms with Gasteiger partial charge in [-0.15, -0.1) is 0 Å². The van der Waals surface area contributed by atoms with Crippen molar-refractivity contribution in [1.29, 1.82) is 0 Å². The van der Waals surface area contributed by atoms with E-state index in [9.17, 15) is 4.39 Å². The zero-order chi connectivity index (χ0) is 14.9. The molecule has 1 aromatic heterocycles. The summed E-state index contributed by atoms with van der Waals surface area (Å²) in [5, 5.41) is 4.41. The number of hydrogen-bond acceptors (Lipinski definition) is 2. The minimum atomic E-state index is -0.227. The van der Waals surface area contributed by atoms with E-state index in [0.717, 1.165) is 29.7 Å². The van der Waals surface area contributed by atoms with E-state index in [1.54, 1.807) is 12.1 Å². The van der Waals surface area contributed by atoms with Crippen molar-refractivity contribution in [2.45, 2.75) is 39.7 Å². The van der Waals surface area contributed by atoms with Crippen molar-refractivity contribution < 1.29 is 4.39 Å². The van der Waals surface area contributed by atoms with Crippen LogP contribution in [-0.2, 0) is 13.5 Å². The van der Waals surface area contributed by atoms with Gasteiger partial charge in [0.15, 0.2) is 0 Å². The van der Waals surface area contributed by atoms with E-state index in [2.05, 4.69) is 12.0 Å². The largest absolute Gasteiger partial charge is 0.324 e. The Hall–Kier alpha value is -1.68. The Bertz CT molecular complexity index is 616. The van der Waals surface area contributed by atoms with Gasteiger partial charge in [-0.1, -0.05) is 6.07 Å². The lowest BCUT2D eigenvalue weighted by Crippen LogP contribution is -2.13. The molecule has 0 radical (unpaired) electrons. The van der Waals surface area contributed by atoms with Crippen molar-refractivity contribution in [2.24, 2.45) is 12.8 Å². The molecule has 108 valence electrons. The van der Waals surface area contributed by atoms with Crippen molar-refractivity contribution in [1.82, 2.24) is 9.78 Å². The van der Waals surface area contributed by atoms with Crippen LogP contribution < -0.4 is 5.73 Å². The first-order valence-corrected chi connectivity index (χ1v) is 6.91. The third kappa shape index (κ3) is 2.90. The molecule has 1 heterocycles. The van der Waals surface area contributed by atoms with Crippen LogP contribution in [0.15, 0.2) is 18.2 Å². The Morgan fingerprint density at radius 3 is 2.60 bits per heavy atom. The molecule has 0 aliphatic heterocycles. The number of aryl methyl sites for hydroxylation is 3. The standard InChI is InChI=1S/C16H22FN3/c1-10-5-6-13(17)9-15(10)16(18)8-7-14-11(2)19-20(4)12(14)3/h5-6,9,16H,7-8,18H2,1-4H3. The lowest BCUT2D eigenvalue weighted by atomic mass is 9.95. The quantitative estimate of drug-likeness (QED) is 0.931. The van der Waals surface area contributed by atoms with Crippen molar-refractivity contribution in [3.05, 3.63) is 52.1 Å². The predicted molar refractivity (Wildman–Crippen MR) is 79.1 cm³/mol. The maximum absolute atomic E-state index is 13.3. The normalized spacial score (nSPS) is 12.7. The van der Waals surface area contributed by atoms with Gasteiger partial charge in [0, 0.05) is 18.8 Å². The number of rotatable bonds is 4. The van der Waals surface area contributed by atoms with Gasteiger partial charge in [-0.25, -0.2) is 4.39 Å². The summed E-state index contributed by atoms with van der Waals surface area (Å²) >= 11 is 0. The van der Waals surface area contributed by atoms with Gasteiger partial charge in [-0.05, 0) is 62.4 Å². The summed E-state index contributed by atoms with van der Waals surface area (Å²) in [7, 11) is 1.95. The molecule has 0 bridgehead atoms. The van der Waals surface area contributed by atoms with Crippen LogP contribution in [-0.4, -0.2) is 9.78 Å². The minimum Gasteiger partial charge on any atom is -0.324 e. The van der Waals surface area contributed by atoms with Crippen LogP contribution in [0.1, 0.15) is 40.5 Å². The maximum atomic E-state index is 13.3. The molecule has 0 fully saturated rings. The minimum absolute atomic E-state index is 0.148. The molecule has 1 unspecified atom stereocenters. The van der Waals surface area contributed by atoms with Gasteiger partial charge in [0.1, 0.15) is 5.82 Å². The monoisotopic (exact) mass is 275 g/mol. The second kappa shape index (κ2) is 5.75. The van der Waals surface area contributed by atoms with E-state index < -0.39 is 0 Å². The second-order valence-electron chi connectivity index (χ2n) is 5.42. The Balaban J connectivity index is 2.12. The highest BCUT2D eigenvalue weighted by molar-refractivity contribution is 5.30. The van der Waals surface area contributed by atoms with Gasteiger partial charge in [0.25, 0.3) is 0 Å². The first-order valence-electron chi connectivity index (χ1n) is 6.91. The Morgan fingerprint density at radius 2 is 2.00 bits per heavy atom. The molecule has 2 rings (SSSR count). The van der Waals surface area contributed by atoms with Gasteiger partial charge in [0.2, 0.25) is 0 Å². The fourth-order valence-electron chi connectivity index (χ4n) is 2.65. The van der Waals surface area contributed by atoms with Gasteiger partial charge >= 0.3 is 0 Å². The fraction of sp³-hybridized carbons (Fsp3) is 0.438. The molecule has 0 aliphatic carbocycles. The first kappa shape index (κ1) is 14.7. The second-order valence-corrected chi connectivity index (χ2v) is 5.42. The summed E-state index contributed by atoms with van der Waals surface area (Å²) in [6.45, 7) is 6.05. The topological polar surface area (TPSA) is 43.8 Å². The average molecular weight is 275 g/mol. The van der Waals surface area contributed by atoms with Gasteiger partial charge in [-0.3, -0.25) is 4.68 Å². The van der Waals surface area contributed by atoms with E-state index in [1.807, 2.05) is 25.6 Å². The Kier molecular flexibility index (Phi) is 4.23. The molecule has 0 spiro atoms. The summed E-state index contributed by atoms with van der Waals surface area (Å²) in [6, 6.07) is 4.65. The number of hydrogen-bond donors (Lipinski definition) is 1. The SMILES string of the molecule is Cc1ccc(F)cc1C(N)CCc1c(C)nn(C)c1C. The van der Waals surface area contributed by atoms with Crippen LogP contribution in [0.25, 0.3) is 0 Å². The van der Waals surface area contributed by atoms with Gasteiger partial charge < -0.3 is 5.73 Å². The Labute approximate surface area is 119 Å². The van der Waals surface area contributed by atoms with Crippen molar-refractivity contribution in [3.8, 4) is 0 Å². The van der Waals surface area contributed by atoms with Crippen molar-refractivity contribution >= 4 is 0 Å². The summed E-state index contributed by atoms with van der Waals surface area (Å²) < 4.78 is 15.2. The van der Waals surface area contributed by atoms with E-state index in [-0.39, 0.29) is 11.9 Å². The molecule has 0 saturated heterocycles. The van der Waals surface area contributed by atoms with Crippen LogP contribution >= 0.6 is 0 Å². The highest BCUT2D eigenvalue weighted by atomic mass is 19.1. The molecular weight excluding hydrogens is 253 g/mol. The summed E-state index contributed by atoms with van der Waals surface area (Å²) in [5.41, 5.74) is 11.6. The fourth-order valence-corrected chi connectivity index (χ4v) is 2.65. The van der Waals surface area contributed by atoms with Crippen molar-refractivity contribution in [2.75, 3.05) is 0 Å². The average Bonchev–Trinajstić information content (AvgIpc) is 2.64. The number of nitrogens with zero attached hydrogens (tertiary/aromatic N) is 2. The molecule has 3 nitrogen and oxygen atoms in total. The molecular formula is C16H22FN3. The highest BCUT2D eigenvalue weighted by Crippen LogP contribution is 2.23. The van der Waals surface area contributed by atoms with E-state index in [0.29, 0.717) is 0 Å². The first-order chi connectivity index (χ1) is 9.40. The predicted octanol–water partition coefficient (Wildman–Crippen LogP) is 3.12.